The molecule has 340 valence electrons. The minimum atomic E-state index is -0.955. The number of hydrogen-bond donors (Lipinski definition) is 3. The van der Waals surface area contributed by atoms with Gasteiger partial charge in [0, 0.05) is 48.4 Å². The Hall–Kier alpha value is -7.53. The molecule has 4 aromatic rings. The van der Waals surface area contributed by atoms with Gasteiger partial charge in [0.25, 0.3) is 5.91 Å². The van der Waals surface area contributed by atoms with Gasteiger partial charge in [-0.15, -0.1) is 11.3 Å². The standard InChI is InChI=1S/C19H16ClNO4.C15H25NO2.C15H4.CH4.HNO2.10H2/c1-11-15(10-18(22)23)16-9-14(25-2)7-8-17(16)21(11)19(24)12-3-5-13(20)6-4-12;1-6-15(17,12(2)11-16(3)4)13-8-7-9-14(10-13)18-5;1-3-5-7-9-11-13-15-14-12-10-8-6-4-2;;2-1-3;;;;;;;;;;/h3-9H,10H2,1-2H3,(H,22,23);7-10,12,17H,6,11H2,1-5H3;1H,2H3;1H4;(H,2,3);10*1H/t;12-,15-;;;;;;;;;;;;;/m.1............./s1. The van der Waals surface area contributed by atoms with E-state index in [0.717, 1.165) is 17.9 Å². The Morgan fingerprint density at radius 1 is 0.903 bits per heavy atom. The lowest BCUT2D eigenvalue weighted by Crippen LogP contribution is -2.38. The van der Waals surface area contributed by atoms with Crippen molar-refractivity contribution in [3.8, 4) is 94.9 Å². The number of halogens is 1. The van der Waals surface area contributed by atoms with Crippen LogP contribution in [0.4, 0.5) is 0 Å². The van der Waals surface area contributed by atoms with E-state index >= 15 is 0 Å². The molecule has 0 fully saturated rings. The van der Waals surface area contributed by atoms with Crippen molar-refractivity contribution in [1.29, 1.82) is 0 Å². The van der Waals surface area contributed by atoms with Crippen LogP contribution in [0.5, 0.6) is 11.5 Å². The lowest BCUT2D eigenvalue weighted by Gasteiger charge is -2.35. The summed E-state index contributed by atoms with van der Waals surface area (Å²) < 4.78 is 12.0. The Morgan fingerprint density at radius 3 is 1.89 bits per heavy atom. The zero-order chi connectivity index (χ0) is 45.8. The number of rotatable bonds is 10. The monoisotopic (exact) mass is 875 g/mol. The number of nitrogens with zero attached hydrogens (tertiary/aromatic N) is 3. The first kappa shape index (κ1) is 54.5. The lowest BCUT2D eigenvalue weighted by atomic mass is 9.80. The topological polar surface area (TPSA) is 151 Å². The van der Waals surface area contributed by atoms with E-state index in [1.807, 2.05) is 45.3 Å². The summed E-state index contributed by atoms with van der Waals surface area (Å²) in [7, 11) is 7.24. The summed E-state index contributed by atoms with van der Waals surface area (Å²) in [6, 6.07) is 19.6. The SMILES string of the molecule is C.C#CC#CC#CC#CC#CC#CC#CC.CC[C@](O)(c1cccc(OC)c1)[C@H](C)CN(C)C.COc1ccc2c(c1)c(CC(=O)O)c(C)n2C(=O)c1ccc(Cl)cc1.O=NO.[HH].[HH].[HH].[HH].[HH].[HH].[HH].[HH].[HH].[HH]. The number of ether oxygens (including phenoxy) is 2. The van der Waals surface area contributed by atoms with Crippen LogP contribution >= 0.6 is 11.6 Å². The van der Waals surface area contributed by atoms with Crippen molar-refractivity contribution in [2.24, 2.45) is 11.3 Å². The molecule has 0 aliphatic carbocycles. The molecule has 12 heteroatoms. The summed E-state index contributed by atoms with van der Waals surface area (Å²) in [5.74, 6) is 32.3. The fraction of sp³-hybridized carbons (Fsp3) is 0.280. The number of aliphatic hydroxyl groups is 1. The number of fused-ring (bicyclic) bond motifs is 1. The van der Waals surface area contributed by atoms with Crippen LogP contribution in [0.3, 0.4) is 0 Å². The van der Waals surface area contributed by atoms with Crippen LogP contribution < -0.4 is 9.47 Å². The average molecular weight is 877 g/mol. The predicted octanol–water partition coefficient (Wildman–Crippen LogP) is 10.3. The first-order valence-corrected chi connectivity index (χ1v) is 18.6. The van der Waals surface area contributed by atoms with E-state index in [-0.39, 0.29) is 39.9 Å². The van der Waals surface area contributed by atoms with E-state index in [4.69, 9.17) is 37.6 Å². The number of carboxylic acid groups (broad SMARTS) is 1. The number of methoxy groups -OCH3 is 2. The van der Waals surface area contributed by atoms with Crippen molar-refractivity contribution >= 4 is 34.4 Å². The van der Waals surface area contributed by atoms with Crippen LogP contribution in [0, 0.1) is 101 Å². The Labute approximate surface area is 385 Å². The van der Waals surface area contributed by atoms with Gasteiger partial charge < -0.3 is 29.8 Å². The summed E-state index contributed by atoms with van der Waals surface area (Å²) in [4.78, 5) is 34.5. The molecule has 1 aromatic heterocycles. The Bertz CT molecular complexity index is 2610. The molecule has 0 saturated carbocycles. The third-order valence-corrected chi connectivity index (χ3v) is 8.80. The van der Waals surface area contributed by atoms with Gasteiger partial charge in [0.05, 0.1) is 31.8 Å². The summed E-state index contributed by atoms with van der Waals surface area (Å²) >= 11 is 5.89. The summed E-state index contributed by atoms with van der Waals surface area (Å²) in [5.41, 5.74) is 2.45. The largest absolute Gasteiger partial charge is 0.497 e. The molecule has 2 atom stereocenters. The Morgan fingerprint density at radius 2 is 1.42 bits per heavy atom. The fourth-order valence-corrected chi connectivity index (χ4v) is 5.88. The molecule has 0 aliphatic rings. The molecule has 0 radical (unpaired) electrons. The molecule has 11 nitrogen and oxygen atoms in total. The van der Waals surface area contributed by atoms with Crippen LogP contribution in [0.25, 0.3) is 10.9 Å². The van der Waals surface area contributed by atoms with Gasteiger partial charge in [-0.2, -0.15) is 0 Å². The molecule has 3 aromatic carbocycles. The van der Waals surface area contributed by atoms with Crippen molar-refractivity contribution in [3.63, 3.8) is 0 Å². The normalized spacial score (nSPS) is 10.2. The second-order valence-corrected chi connectivity index (χ2v) is 13.1. The Balaban J connectivity index is -0.0000000801. The highest BCUT2D eigenvalue weighted by Gasteiger charge is 2.34. The van der Waals surface area contributed by atoms with E-state index in [1.54, 1.807) is 70.5 Å². The van der Waals surface area contributed by atoms with E-state index in [0.29, 0.717) is 44.9 Å². The number of benzene rings is 3. The van der Waals surface area contributed by atoms with Crippen molar-refractivity contribution in [1.82, 2.24) is 9.47 Å². The molecule has 0 saturated heterocycles. The van der Waals surface area contributed by atoms with Crippen molar-refractivity contribution in [2.75, 3.05) is 34.9 Å². The van der Waals surface area contributed by atoms with Gasteiger partial charge in [-0.25, -0.2) is 0 Å². The van der Waals surface area contributed by atoms with Crippen molar-refractivity contribution in [3.05, 3.63) is 99.0 Å². The Kier molecular flexibility index (Phi) is 26.0. The third kappa shape index (κ3) is 17.8. The smallest absolute Gasteiger partial charge is 0.307 e. The zero-order valence-electron chi connectivity index (χ0n) is 35.2. The molecule has 4 rings (SSSR count). The minimum Gasteiger partial charge on any atom is -0.497 e. The van der Waals surface area contributed by atoms with Gasteiger partial charge in [-0.3, -0.25) is 14.2 Å². The van der Waals surface area contributed by atoms with Crippen LogP contribution in [0.2, 0.25) is 5.02 Å². The van der Waals surface area contributed by atoms with Gasteiger partial charge in [-0.1, -0.05) is 50.9 Å². The summed E-state index contributed by atoms with van der Waals surface area (Å²) in [6.07, 6.45) is 5.39. The predicted molar refractivity (Wildman–Crippen MR) is 267 cm³/mol. The van der Waals surface area contributed by atoms with Gasteiger partial charge in [0.15, 0.2) is 5.34 Å². The van der Waals surface area contributed by atoms with Crippen LogP contribution in [0.15, 0.2) is 72.1 Å². The van der Waals surface area contributed by atoms with Gasteiger partial charge >= 0.3 is 5.97 Å². The quantitative estimate of drug-likeness (QED) is 0.0803. The van der Waals surface area contributed by atoms with E-state index in [1.165, 1.54) is 9.91 Å². The van der Waals surface area contributed by atoms with Crippen molar-refractivity contribution in [2.45, 2.75) is 53.6 Å². The van der Waals surface area contributed by atoms with E-state index < -0.39 is 11.6 Å². The number of carbonyl (C=O) groups is 2. The molecule has 1 heterocycles. The molecule has 3 N–H and O–H groups in total. The number of aromatic nitrogens is 1. The van der Waals surface area contributed by atoms with Crippen LogP contribution in [-0.2, 0) is 16.8 Å². The second kappa shape index (κ2) is 29.6. The number of terminal acetylenes is 1. The highest BCUT2D eigenvalue weighted by Crippen LogP contribution is 2.35. The minimum absolute atomic E-state index is 0. The molecule has 62 heavy (non-hydrogen) atoms. The number of hydrogen-bond acceptors (Lipinski definition) is 8. The van der Waals surface area contributed by atoms with Gasteiger partial charge in [0.2, 0.25) is 0 Å². The molecule has 0 spiro atoms. The summed E-state index contributed by atoms with van der Waals surface area (Å²) in [6.45, 7) is 8.41. The zero-order valence-corrected chi connectivity index (χ0v) is 36.0. The highest BCUT2D eigenvalue weighted by atomic mass is 35.5. The number of aliphatic carboxylic acids is 1. The summed E-state index contributed by atoms with van der Waals surface area (Å²) in [5, 5.41) is 29.3. The third-order valence-electron chi connectivity index (χ3n) is 8.55. The van der Waals surface area contributed by atoms with Gasteiger partial charge in [0.1, 0.15) is 11.5 Å². The maximum Gasteiger partial charge on any atom is 0.307 e. The number of carbonyl (C=O) groups excluding carboxylic acids is 1. The number of carboxylic acids is 1. The second-order valence-electron chi connectivity index (χ2n) is 12.7. The fourth-order valence-electron chi connectivity index (χ4n) is 5.76. The van der Waals surface area contributed by atoms with Crippen molar-refractivity contribution < 1.29 is 48.7 Å². The first-order chi connectivity index (χ1) is 29.2. The molecule has 0 unspecified atom stereocenters. The van der Waals surface area contributed by atoms with E-state index in [9.17, 15) is 19.8 Å². The molecule has 0 bridgehead atoms. The maximum atomic E-state index is 13.0. The lowest BCUT2D eigenvalue weighted by molar-refractivity contribution is -0.136. The maximum absolute atomic E-state index is 13.0. The first-order valence-electron chi connectivity index (χ1n) is 18.2. The van der Waals surface area contributed by atoms with E-state index in [2.05, 4.69) is 88.8 Å². The molecular weight excluding hydrogens is 806 g/mol. The molecule has 0 amide bonds. The average Bonchev–Trinajstić information content (AvgIpc) is 3.51. The molecular formula is C50H70ClN3O8. The highest BCUT2D eigenvalue weighted by molar-refractivity contribution is 6.30. The van der Waals surface area contributed by atoms with Gasteiger partial charge in [-0.05, 0) is 171 Å². The van der Waals surface area contributed by atoms with Crippen LogP contribution in [-0.4, -0.2) is 71.6 Å². The van der Waals surface area contributed by atoms with Crippen LogP contribution in [0.1, 0.15) is 76.1 Å². The molecule has 0 aliphatic heterocycles.